The monoisotopic (exact) mass is 399 g/mol. The Balaban J connectivity index is 1.78. The Hall–Kier alpha value is -2.76. The summed E-state index contributed by atoms with van der Waals surface area (Å²) in [5.41, 5.74) is 2.52. The Labute approximate surface area is 166 Å². The number of fused-ring (bicyclic) bond motifs is 1. The van der Waals surface area contributed by atoms with Crippen LogP contribution in [0, 0.1) is 0 Å². The minimum absolute atomic E-state index is 0.140. The number of pyridine rings is 1. The van der Waals surface area contributed by atoms with Crippen molar-refractivity contribution in [2.45, 2.75) is 6.17 Å². The molecule has 2 aromatic carbocycles. The highest BCUT2D eigenvalue weighted by molar-refractivity contribution is 6.35. The van der Waals surface area contributed by atoms with Gasteiger partial charge in [-0.1, -0.05) is 23.2 Å². The number of nitrogens with zero attached hydrogens (tertiary/aromatic N) is 2. The van der Waals surface area contributed by atoms with Crippen LogP contribution in [0.25, 0.3) is 0 Å². The first-order valence-electron chi connectivity index (χ1n) is 8.22. The largest absolute Gasteiger partial charge is 0.497 e. The van der Waals surface area contributed by atoms with Gasteiger partial charge in [0.05, 0.1) is 29.1 Å². The van der Waals surface area contributed by atoms with E-state index in [1.807, 2.05) is 24.3 Å². The summed E-state index contributed by atoms with van der Waals surface area (Å²) in [6.07, 6.45) is 1.15. The normalized spacial score (nSPS) is 15.6. The van der Waals surface area contributed by atoms with Crippen LogP contribution in [0.4, 0.5) is 11.4 Å². The second-order valence-corrected chi connectivity index (χ2v) is 6.82. The first-order valence-corrected chi connectivity index (χ1v) is 8.98. The van der Waals surface area contributed by atoms with Crippen LogP contribution in [0.3, 0.4) is 0 Å². The van der Waals surface area contributed by atoms with E-state index in [2.05, 4.69) is 10.3 Å². The molecule has 0 aliphatic carbocycles. The number of carbonyl (C=O) groups is 1. The van der Waals surface area contributed by atoms with Crippen molar-refractivity contribution in [2.24, 2.45) is 0 Å². The van der Waals surface area contributed by atoms with Gasteiger partial charge >= 0.3 is 0 Å². The second kappa shape index (κ2) is 7.10. The van der Waals surface area contributed by atoms with Crippen LogP contribution in [0.2, 0.25) is 10.0 Å². The van der Waals surface area contributed by atoms with E-state index < -0.39 is 6.17 Å². The van der Waals surface area contributed by atoms with Gasteiger partial charge in [0, 0.05) is 16.9 Å². The number of aromatic nitrogens is 1. The molecule has 0 saturated heterocycles. The smallest absolute Gasteiger partial charge is 0.262 e. The predicted molar refractivity (Wildman–Crippen MR) is 107 cm³/mol. The lowest BCUT2D eigenvalue weighted by Crippen LogP contribution is -2.32. The number of methoxy groups -OCH3 is 1. The van der Waals surface area contributed by atoms with E-state index in [0.29, 0.717) is 32.7 Å². The van der Waals surface area contributed by atoms with Crippen LogP contribution in [0.5, 0.6) is 5.75 Å². The van der Waals surface area contributed by atoms with Crippen LogP contribution in [-0.4, -0.2) is 18.0 Å². The topological polar surface area (TPSA) is 54.5 Å². The fourth-order valence-corrected chi connectivity index (χ4v) is 3.43. The Morgan fingerprint density at radius 1 is 1.11 bits per heavy atom. The third kappa shape index (κ3) is 3.20. The van der Waals surface area contributed by atoms with Gasteiger partial charge < -0.3 is 10.1 Å². The Morgan fingerprint density at radius 3 is 2.63 bits per heavy atom. The molecule has 27 heavy (non-hydrogen) atoms. The maximum atomic E-state index is 13.1. The number of anilines is 2. The van der Waals surface area contributed by atoms with Gasteiger partial charge in [0.15, 0.2) is 6.17 Å². The van der Waals surface area contributed by atoms with E-state index in [1.165, 1.54) is 0 Å². The number of carbonyl (C=O) groups excluding carboxylic acids is 1. The molecule has 0 bridgehead atoms. The molecule has 1 aliphatic heterocycles. The van der Waals surface area contributed by atoms with E-state index in [4.69, 9.17) is 27.9 Å². The molecule has 0 spiro atoms. The fraction of sp³-hybridized carbons (Fsp3) is 0.100. The van der Waals surface area contributed by atoms with Crippen molar-refractivity contribution in [1.29, 1.82) is 0 Å². The highest BCUT2D eigenvalue weighted by Crippen LogP contribution is 2.39. The second-order valence-electron chi connectivity index (χ2n) is 5.98. The van der Waals surface area contributed by atoms with Crippen molar-refractivity contribution < 1.29 is 9.53 Å². The van der Waals surface area contributed by atoms with Gasteiger partial charge in [0.25, 0.3) is 5.91 Å². The van der Waals surface area contributed by atoms with Crippen LogP contribution in [0.1, 0.15) is 22.2 Å². The summed E-state index contributed by atoms with van der Waals surface area (Å²) in [6, 6.07) is 15.9. The van der Waals surface area contributed by atoms with Gasteiger partial charge in [-0.25, -0.2) is 0 Å². The highest BCUT2D eigenvalue weighted by Gasteiger charge is 2.39. The van der Waals surface area contributed by atoms with Crippen LogP contribution in [0.15, 0.2) is 60.8 Å². The minimum atomic E-state index is -0.516. The SMILES string of the molecule is COc1ccc(N2C(=O)c3cccnc3C2Nc2cc(Cl)ccc2Cl)cc1. The molecule has 0 saturated carbocycles. The zero-order valence-corrected chi connectivity index (χ0v) is 15.8. The van der Waals surface area contributed by atoms with Crippen LogP contribution >= 0.6 is 23.2 Å². The molecule has 3 aromatic rings. The van der Waals surface area contributed by atoms with E-state index in [-0.39, 0.29) is 5.91 Å². The molecular formula is C20H15Cl2N3O2. The van der Waals surface area contributed by atoms with Gasteiger partial charge in [-0.3, -0.25) is 14.7 Å². The summed E-state index contributed by atoms with van der Waals surface area (Å²) < 4.78 is 5.21. The molecule has 1 unspecified atom stereocenters. The standard InChI is InChI=1S/C20H15Cl2N3O2/c1-27-14-7-5-13(6-8-14)25-19(18-15(20(25)26)3-2-10-23-18)24-17-11-12(21)4-9-16(17)22/h2-11,19,24H,1H3. The number of hydrogen-bond acceptors (Lipinski definition) is 4. The van der Waals surface area contributed by atoms with Crippen LogP contribution < -0.4 is 15.0 Å². The third-order valence-electron chi connectivity index (χ3n) is 4.38. The zero-order valence-electron chi connectivity index (χ0n) is 14.3. The molecule has 1 N–H and O–H groups in total. The molecule has 136 valence electrons. The maximum absolute atomic E-state index is 13.1. The lowest BCUT2D eigenvalue weighted by atomic mass is 10.2. The number of ether oxygens (including phenoxy) is 1. The lowest BCUT2D eigenvalue weighted by molar-refractivity contribution is 0.0993. The van der Waals surface area contributed by atoms with Crippen molar-refractivity contribution >= 4 is 40.5 Å². The average molecular weight is 400 g/mol. The first kappa shape index (κ1) is 17.6. The molecule has 1 atom stereocenters. The number of rotatable bonds is 4. The third-order valence-corrected chi connectivity index (χ3v) is 4.94. The highest BCUT2D eigenvalue weighted by atomic mass is 35.5. The van der Waals surface area contributed by atoms with Gasteiger partial charge in [0.2, 0.25) is 0 Å². The van der Waals surface area contributed by atoms with Gasteiger partial charge in [-0.05, 0) is 54.6 Å². The Kier molecular flexibility index (Phi) is 4.64. The van der Waals surface area contributed by atoms with Crippen molar-refractivity contribution in [3.05, 3.63) is 82.1 Å². The molecular weight excluding hydrogens is 385 g/mol. The number of halogens is 2. The van der Waals surface area contributed by atoms with Gasteiger partial charge in [-0.2, -0.15) is 0 Å². The summed E-state index contributed by atoms with van der Waals surface area (Å²) in [5, 5.41) is 4.36. The summed E-state index contributed by atoms with van der Waals surface area (Å²) in [4.78, 5) is 19.1. The van der Waals surface area contributed by atoms with E-state index >= 15 is 0 Å². The average Bonchev–Trinajstić information content (AvgIpc) is 2.97. The van der Waals surface area contributed by atoms with Gasteiger partial charge in [0.1, 0.15) is 5.75 Å². The summed E-state index contributed by atoms with van der Waals surface area (Å²) >= 11 is 12.4. The van der Waals surface area contributed by atoms with E-state index in [0.717, 1.165) is 5.69 Å². The molecule has 1 aromatic heterocycles. The predicted octanol–water partition coefficient (Wildman–Crippen LogP) is 5.17. The van der Waals surface area contributed by atoms with Gasteiger partial charge in [-0.15, -0.1) is 0 Å². The molecule has 1 aliphatic rings. The zero-order chi connectivity index (χ0) is 19.0. The van der Waals surface area contributed by atoms with Crippen molar-refractivity contribution in [3.8, 4) is 5.75 Å². The van der Waals surface area contributed by atoms with Crippen molar-refractivity contribution in [1.82, 2.24) is 4.98 Å². The molecule has 2 heterocycles. The molecule has 4 rings (SSSR count). The number of hydrogen-bond donors (Lipinski definition) is 1. The molecule has 0 radical (unpaired) electrons. The Bertz CT molecular complexity index is 1010. The first-order chi connectivity index (χ1) is 13.1. The van der Waals surface area contributed by atoms with Crippen LogP contribution in [-0.2, 0) is 0 Å². The van der Waals surface area contributed by atoms with Crippen molar-refractivity contribution in [3.63, 3.8) is 0 Å². The number of nitrogens with one attached hydrogen (secondary N) is 1. The summed E-state index contributed by atoms with van der Waals surface area (Å²) in [7, 11) is 1.60. The van der Waals surface area contributed by atoms with Crippen molar-refractivity contribution in [2.75, 3.05) is 17.3 Å². The maximum Gasteiger partial charge on any atom is 0.262 e. The molecule has 1 amide bonds. The van der Waals surface area contributed by atoms with E-state index in [1.54, 1.807) is 48.5 Å². The fourth-order valence-electron chi connectivity index (χ4n) is 3.08. The molecule has 5 nitrogen and oxygen atoms in total. The minimum Gasteiger partial charge on any atom is -0.497 e. The summed E-state index contributed by atoms with van der Waals surface area (Å²) in [5.74, 6) is 0.572. The molecule has 0 fully saturated rings. The van der Waals surface area contributed by atoms with E-state index in [9.17, 15) is 4.79 Å². The summed E-state index contributed by atoms with van der Waals surface area (Å²) in [6.45, 7) is 0. The lowest BCUT2D eigenvalue weighted by Gasteiger charge is -2.27. The number of amides is 1. The number of benzene rings is 2. The molecule has 7 heteroatoms. The quantitative estimate of drug-likeness (QED) is 0.657. The Morgan fingerprint density at radius 2 is 1.89 bits per heavy atom.